The average Bonchev–Trinajstić information content (AvgIpc) is 2.62. The van der Waals surface area contributed by atoms with Gasteiger partial charge in [0.25, 0.3) is 0 Å². The fourth-order valence-electron chi connectivity index (χ4n) is 2.61. The van der Waals surface area contributed by atoms with Crippen LogP contribution in [0.25, 0.3) is 0 Å². The maximum Gasteiger partial charge on any atom is 0.168 e. The lowest BCUT2D eigenvalue weighted by molar-refractivity contribution is -0.188. The summed E-state index contributed by atoms with van der Waals surface area (Å²) in [6, 6.07) is 0. The summed E-state index contributed by atoms with van der Waals surface area (Å²) < 4.78 is 11.9. The van der Waals surface area contributed by atoms with Crippen molar-refractivity contribution >= 4 is 0 Å². The van der Waals surface area contributed by atoms with Crippen molar-refractivity contribution in [2.24, 2.45) is 5.92 Å². The van der Waals surface area contributed by atoms with Gasteiger partial charge in [0.15, 0.2) is 5.79 Å². The van der Waals surface area contributed by atoms with Crippen LogP contribution in [0.15, 0.2) is 0 Å². The van der Waals surface area contributed by atoms with E-state index in [2.05, 4.69) is 6.92 Å². The van der Waals surface area contributed by atoms with Crippen molar-refractivity contribution in [1.29, 1.82) is 0 Å². The first-order valence-electron chi connectivity index (χ1n) is 6.17. The lowest BCUT2D eigenvalue weighted by atomic mass is 9.94. The van der Waals surface area contributed by atoms with Crippen molar-refractivity contribution < 1.29 is 14.6 Å². The summed E-state index contributed by atoms with van der Waals surface area (Å²) >= 11 is 0. The zero-order chi connectivity index (χ0) is 10.7. The number of hydrogen-bond acceptors (Lipinski definition) is 3. The Bertz CT molecular complexity index is 199. The quantitative estimate of drug-likeness (QED) is 0.781. The third-order valence-electron chi connectivity index (χ3n) is 3.51. The second-order valence-corrected chi connectivity index (χ2v) is 5.05. The van der Waals surface area contributed by atoms with Gasteiger partial charge in [-0.05, 0) is 25.2 Å². The van der Waals surface area contributed by atoms with Crippen LogP contribution in [0.1, 0.15) is 45.4 Å². The predicted octanol–water partition coefficient (Wildman–Crippen LogP) is 2.08. The van der Waals surface area contributed by atoms with Crippen molar-refractivity contribution in [2.45, 2.75) is 57.3 Å². The topological polar surface area (TPSA) is 38.7 Å². The molecule has 2 rings (SSSR count). The van der Waals surface area contributed by atoms with Crippen LogP contribution in [0.2, 0.25) is 0 Å². The molecule has 0 amide bonds. The van der Waals surface area contributed by atoms with E-state index in [1.807, 2.05) is 0 Å². The van der Waals surface area contributed by atoms with Gasteiger partial charge in [0.2, 0.25) is 0 Å². The number of hydrogen-bond donors (Lipinski definition) is 1. The first-order valence-corrected chi connectivity index (χ1v) is 6.17. The van der Waals surface area contributed by atoms with Gasteiger partial charge >= 0.3 is 0 Å². The minimum atomic E-state index is -0.252. The highest BCUT2D eigenvalue weighted by Crippen LogP contribution is 2.38. The van der Waals surface area contributed by atoms with E-state index in [1.165, 1.54) is 19.3 Å². The van der Waals surface area contributed by atoms with Gasteiger partial charge in [-0.15, -0.1) is 0 Å². The fraction of sp³-hybridized carbons (Fsp3) is 1.00. The van der Waals surface area contributed by atoms with Crippen LogP contribution in [0.5, 0.6) is 0 Å². The van der Waals surface area contributed by atoms with Gasteiger partial charge in [0.1, 0.15) is 0 Å². The molecule has 0 radical (unpaired) electrons. The van der Waals surface area contributed by atoms with Crippen molar-refractivity contribution in [3.05, 3.63) is 0 Å². The van der Waals surface area contributed by atoms with Gasteiger partial charge in [-0.1, -0.05) is 13.3 Å². The summed E-state index contributed by atoms with van der Waals surface area (Å²) in [4.78, 5) is 0. The van der Waals surface area contributed by atoms with Crippen LogP contribution in [-0.4, -0.2) is 30.2 Å². The van der Waals surface area contributed by atoms with Gasteiger partial charge in [-0.3, -0.25) is 0 Å². The lowest BCUT2D eigenvalue weighted by Gasteiger charge is -2.31. The lowest BCUT2D eigenvalue weighted by Crippen LogP contribution is -2.33. The average molecular weight is 214 g/mol. The predicted molar refractivity (Wildman–Crippen MR) is 57.5 cm³/mol. The molecular weight excluding hydrogens is 192 g/mol. The van der Waals surface area contributed by atoms with E-state index in [9.17, 15) is 0 Å². The standard InChI is InChI=1S/C12H22O3/c1-10(8-13)7-11-9-14-12(15-11)5-3-2-4-6-12/h10-11,13H,2-9H2,1H3. The van der Waals surface area contributed by atoms with Crippen LogP contribution < -0.4 is 0 Å². The molecule has 1 N–H and O–H groups in total. The molecule has 3 nitrogen and oxygen atoms in total. The minimum absolute atomic E-state index is 0.199. The zero-order valence-corrected chi connectivity index (χ0v) is 9.58. The minimum Gasteiger partial charge on any atom is -0.396 e. The molecule has 1 saturated carbocycles. The molecule has 0 bridgehead atoms. The van der Waals surface area contributed by atoms with Crippen molar-refractivity contribution in [2.75, 3.05) is 13.2 Å². The van der Waals surface area contributed by atoms with E-state index in [0.29, 0.717) is 12.5 Å². The molecule has 1 aliphatic carbocycles. The van der Waals surface area contributed by atoms with E-state index in [4.69, 9.17) is 14.6 Å². The van der Waals surface area contributed by atoms with E-state index in [-0.39, 0.29) is 18.5 Å². The SMILES string of the molecule is CC(CO)CC1COC2(CCCCC2)O1. The molecule has 1 aliphatic heterocycles. The number of aliphatic hydroxyl groups excluding tert-OH is 1. The van der Waals surface area contributed by atoms with Gasteiger partial charge in [0, 0.05) is 19.4 Å². The smallest absolute Gasteiger partial charge is 0.168 e. The first kappa shape index (κ1) is 11.4. The summed E-state index contributed by atoms with van der Waals surface area (Å²) in [5.41, 5.74) is 0. The molecular formula is C12H22O3. The van der Waals surface area contributed by atoms with Crippen LogP contribution in [0.4, 0.5) is 0 Å². The Kier molecular flexibility index (Phi) is 3.65. The van der Waals surface area contributed by atoms with E-state index in [1.54, 1.807) is 0 Å². The highest BCUT2D eigenvalue weighted by atomic mass is 16.7. The molecule has 15 heavy (non-hydrogen) atoms. The molecule has 1 spiro atoms. The Balaban J connectivity index is 1.82. The molecule has 88 valence electrons. The van der Waals surface area contributed by atoms with Gasteiger partial charge in [0.05, 0.1) is 12.7 Å². The van der Waals surface area contributed by atoms with E-state index < -0.39 is 0 Å². The Morgan fingerprint density at radius 3 is 2.73 bits per heavy atom. The molecule has 0 aromatic carbocycles. The van der Waals surface area contributed by atoms with Gasteiger partial charge in [-0.25, -0.2) is 0 Å². The summed E-state index contributed by atoms with van der Waals surface area (Å²) in [6.07, 6.45) is 6.98. The summed E-state index contributed by atoms with van der Waals surface area (Å²) in [6.45, 7) is 3.01. The zero-order valence-electron chi connectivity index (χ0n) is 9.58. The molecule has 1 heterocycles. The molecule has 2 fully saturated rings. The van der Waals surface area contributed by atoms with Gasteiger partial charge in [-0.2, -0.15) is 0 Å². The Labute approximate surface area is 91.8 Å². The van der Waals surface area contributed by atoms with Crippen LogP contribution in [0.3, 0.4) is 0 Å². The highest BCUT2D eigenvalue weighted by molar-refractivity contribution is 4.82. The largest absolute Gasteiger partial charge is 0.396 e. The second kappa shape index (κ2) is 4.81. The summed E-state index contributed by atoms with van der Waals surface area (Å²) in [5, 5.41) is 9.00. The maximum atomic E-state index is 9.00. The third kappa shape index (κ3) is 2.71. The van der Waals surface area contributed by atoms with E-state index >= 15 is 0 Å². The number of ether oxygens (including phenoxy) is 2. The first-order chi connectivity index (χ1) is 7.24. The molecule has 1 saturated heterocycles. The molecule has 2 atom stereocenters. The molecule has 2 aliphatic rings. The fourth-order valence-corrected chi connectivity index (χ4v) is 2.61. The second-order valence-electron chi connectivity index (χ2n) is 5.05. The molecule has 0 aromatic rings. The normalized spacial score (nSPS) is 32.0. The number of aliphatic hydroxyl groups is 1. The van der Waals surface area contributed by atoms with Crippen LogP contribution in [0, 0.1) is 5.92 Å². The van der Waals surface area contributed by atoms with Crippen LogP contribution in [-0.2, 0) is 9.47 Å². The van der Waals surface area contributed by atoms with E-state index in [0.717, 1.165) is 19.3 Å². The van der Waals surface area contributed by atoms with Crippen molar-refractivity contribution in [3.8, 4) is 0 Å². The molecule has 3 heteroatoms. The Morgan fingerprint density at radius 1 is 1.33 bits per heavy atom. The van der Waals surface area contributed by atoms with Gasteiger partial charge < -0.3 is 14.6 Å². The third-order valence-corrected chi connectivity index (χ3v) is 3.51. The summed E-state index contributed by atoms with van der Waals surface area (Å²) in [5.74, 6) is 0.0651. The monoisotopic (exact) mass is 214 g/mol. The number of rotatable bonds is 3. The molecule has 0 aromatic heterocycles. The van der Waals surface area contributed by atoms with Crippen molar-refractivity contribution in [1.82, 2.24) is 0 Å². The highest BCUT2D eigenvalue weighted by Gasteiger charge is 2.42. The van der Waals surface area contributed by atoms with Crippen LogP contribution >= 0.6 is 0 Å². The molecule has 2 unspecified atom stereocenters. The summed E-state index contributed by atoms with van der Waals surface area (Å²) in [7, 11) is 0. The van der Waals surface area contributed by atoms with Crippen molar-refractivity contribution in [3.63, 3.8) is 0 Å². The maximum absolute atomic E-state index is 9.00. The Morgan fingerprint density at radius 2 is 2.07 bits per heavy atom. The Hall–Kier alpha value is -0.120.